The second kappa shape index (κ2) is 9.14. The van der Waals surface area contributed by atoms with Crippen molar-refractivity contribution in [3.63, 3.8) is 0 Å². The Bertz CT molecular complexity index is 973. The number of nitrogens with zero attached hydrogens (tertiary/aromatic N) is 3. The zero-order valence-corrected chi connectivity index (χ0v) is 17.0. The largest absolute Gasteiger partial charge is 0.352 e. The molecule has 150 valence electrons. The van der Waals surface area contributed by atoms with Gasteiger partial charge in [-0.2, -0.15) is 0 Å². The molecule has 3 heterocycles. The number of para-hydroxylation sites is 1. The molecule has 1 amide bonds. The SMILES string of the molecule is C[C@@H]1CCCCN1CCCNC(=O)c1cc(-c2ccccn2)nc2ccccc12. The van der Waals surface area contributed by atoms with Gasteiger partial charge in [0.2, 0.25) is 0 Å². The van der Waals surface area contributed by atoms with E-state index in [1.165, 1.54) is 25.8 Å². The summed E-state index contributed by atoms with van der Waals surface area (Å²) >= 11 is 0. The predicted octanol–water partition coefficient (Wildman–Crippen LogP) is 4.29. The van der Waals surface area contributed by atoms with E-state index in [0.717, 1.165) is 35.3 Å². The van der Waals surface area contributed by atoms with E-state index in [1.54, 1.807) is 6.20 Å². The summed E-state index contributed by atoms with van der Waals surface area (Å²) < 4.78 is 0. The van der Waals surface area contributed by atoms with Gasteiger partial charge in [-0.15, -0.1) is 0 Å². The molecule has 0 radical (unpaired) electrons. The monoisotopic (exact) mass is 388 g/mol. The predicted molar refractivity (Wildman–Crippen MR) is 117 cm³/mol. The number of nitrogens with one attached hydrogen (secondary N) is 1. The minimum atomic E-state index is -0.0486. The van der Waals surface area contributed by atoms with Gasteiger partial charge in [0, 0.05) is 30.7 Å². The Labute approximate surface area is 172 Å². The van der Waals surface area contributed by atoms with Gasteiger partial charge >= 0.3 is 0 Å². The highest BCUT2D eigenvalue weighted by Gasteiger charge is 2.18. The number of hydrogen-bond donors (Lipinski definition) is 1. The molecule has 1 N–H and O–H groups in total. The van der Waals surface area contributed by atoms with Crippen molar-refractivity contribution in [2.75, 3.05) is 19.6 Å². The highest BCUT2D eigenvalue weighted by molar-refractivity contribution is 6.07. The maximum Gasteiger partial charge on any atom is 0.252 e. The minimum absolute atomic E-state index is 0.0486. The van der Waals surface area contributed by atoms with Crippen LogP contribution in [0.5, 0.6) is 0 Å². The first kappa shape index (κ1) is 19.5. The molecule has 1 aliphatic rings. The summed E-state index contributed by atoms with van der Waals surface area (Å²) in [6.07, 6.45) is 6.61. The maximum atomic E-state index is 13.0. The Kier molecular flexibility index (Phi) is 6.15. The Morgan fingerprint density at radius 2 is 2.00 bits per heavy atom. The fourth-order valence-corrected chi connectivity index (χ4v) is 4.08. The molecule has 0 aliphatic carbocycles. The van der Waals surface area contributed by atoms with Crippen LogP contribution in [0, 0.1) is 0 Å². The van der Waals surface area contributed by atoms with Crippen LogP contribution in [0.3, 0.4) is 0 Å². The molecule has 0 spiro atoms. The lowest BCUT2D eigenvalue weighted by molar-refractivity contribution is 0.0950. The molecule has 2 aromatic heterocycles. The molecule has 1 atom stereocenters. The second-order valence-electron chi connectivity index (χ2n) is 7.78. The van der Waals surface area contributed by atoms with Crippen molar-refractivity contribution in [2.45, 2.75) is 38.6 Å². The number of pyridine rings is 2. The van der Waals surface area contributed by atoms with Gasteiger partial charge in [0.05, 0.1) is 22.5 Å². The van der Waals surface area contributed by atoms with Crippen molar-refractivity contribution >= 4 is 16.8 Å². The van der Waals surface area contributed by atoms with Crippen LogP contribution in [0.15, 0.2) is 54.7 Å². The summed E-state index contributed by atoms with van der Waals surface area (Å²) in [6, 6.07) is 16.0. The van der Waals surface area contributed by atoms with Crippen LogP contribution in [-0.2, 0) is 0 Å². The van der Waals surface area contributed by atoms with Gasteiger partial charge in [-0.05, 0) is 57.0 Å². The zero-order valence-electron chi connectivity index (χ0n) is 17.0. The van der Waals surface area contributed by atoms with E-state index in [1.807, 2.05) is 48.5 Å². The van der Waals surface area contributed by atoms with Gasteiger partial charge in [-0.1, -0.05) is 30.7 Å². The Morgan fingerprint density at radius 3 is 2.83 bits per heavy atom. The molecule has 1 aliphatic heterocycles. The number of amides is 1. The average Bonchev–Trinajstić information content (AvgIpc) is 2.77. The Morgan fingerprint density at radius 1 is 1.14 bits per heavy atom. The fourth-order valence-electron chi connectivity index (χ4n) is 4.08. The van der Waals surface area contributed by atoms with E-state index in [0.29, 0.717) is 18.2 Å². The number of hydrogen-bond acceptors (Lipinski definition) is 4. The number of carbonyl (C=O) groups is 1. The summed E-state index contributed by atoms with van der Waals surface area (Å²) in [5.74, 6) is -0.0486. The lowest BCUT2D eigenvalue weighted by Crippen LogP contribution is -2.39. The Balaban J connectivity index is 1.48. The van der Waals surface area contributed by atoms with Crippen LogP contribution in [-0.4, -0.2) is 46.5 Å². The van der Waals surface area contributed by atoms with E-state index < -0.39 is 0 Å². The molecule has 29 heavy (non-hydrogen) atoms. The average molecular weight is 389 g/mol. The summed E-state index contributed by atoms with van der Waals surface area (Å²) in [5, 5.41) is 3.98. The third-order valence-corrected chi connectivity index (χ3v) is 5.74. The molecule has 3 aromatic rings. The van der Waals surface area contributed by atoms with Crippen molar-refractivity contribution in [1.82, 2.24) is 20.2 Å². The molecule has 1 aromatic carbocycles. The summed E-state index contributed by atoms with van der Waals surface area (Å²) in [4.78, 5) is 24.6. The van der Waals surface area contributed by atoms with Crippen LogP contribution in [0.25, 0.3) is 22.3 Å². The summed E-state index contributed by atoms with van der Waals surface area (Å²) in [7, 11) is 0. The lowest BCUT2D eigenvalue weighted by Gasteiger charge is -2.33. The van der Waals surface area contributed by atoms with E-state index in [2.05, 4.69) is 22.1 Å². The number of likely N-dealkylation sites (tertiary alicyclic amines) is 1. The van der Waals surface area contributed by atoms with Crippen LogP contribution < -0.4 is 5.32 Å². The molecular weight excluding hydrogens is 360 g/mol. The van der Waals surface area contributed by atoms with E-state index in [9.17, 15) is 4.79 Å². The molecule has 5 nitrogen and oxygen atoms in total. The number of fused-ring (bicyclic) bond motifs is 1. The first-order valence-corrected chi connectivity index (χ1v) is 10.6. The van der Waals surface area contributed by atoms with Crippen molar-refractivity contribution in [3.05, 3.63) is 60.3 Å². The normalized spacial score (nSPS) is 17.3. The minimum Gasteiger partial charge on any atom is -0.352 e. The van der Waals surface area contributed by atoms with Crippen molar-refractivity contribution < 1.29 is 4.79 Å². The van der Waals surface area contributed by atoms with Gasteiger partial charge in [-0.3, -0.25) is 9.78 Å². The number of aromatic nitrogens is 2. The smallest absolute Gasteiger partial charge is 0.252 e. The third kappa shape index (κ3) is 4.62. The summed E-state index contributed by atoms with van der Waals surface area (Å²) in [5.41, 5.74) is 2.95. The van der Waals surface area contributed by atoms with Gasteiger partial charge in [-0.25, -0.2) is 4.98 Å². The van der Waals surface area contributed by atoms with Crippen molar-refractivity contribution in [1.29, 1.82) is 0 Å². The van der Waals surface area contributed by atoms with Crippen molar-refractivity contribution in [2.24, 2.45) is 0 Å². The van der Waals surface area contributed by atoms with Gasteiger partial charge in [0.25, 0.3) is 5.91 Å². The lowest BCUT2D eigenvalue weighted by atomic mass is 10.0. The van der Waals surface area contributed by atoms with Crippen LogP contribution in [0.4, 0.5) is 0 Å². The second-order valence-corrected chi connectivity index (χ2v) is 7.78. The molecule has 0 unspecified atom stereocenters. The first-order valence-electron chi connectivity index (χ1n) is 10.6. The van der Waals surface area contributed by atoms with Gasteiger partial charge in [0.15, 0.2) is 0 Å². The highest BCUT2D eigenvalue weighted by atomic mass is 16.1. The molecule has 0 bridgehead atoms. The molecule has 4 rings (SSSR count). The molecule has 0 saturated carbocycles. The first-order chi connectivity index (χ1) is 14.2. The maximum absolute atomic E-state index is 13.0. The van der Waals surface area contributed by atoms with Crippen molar-refractivity contribution in [3.8, 4) is 11.4 Å². The zero-order chi connectivity index (χ0) is 20.1. The molecule has 1 saturated heterocycles. The van der Waals surface area contributed by atoms with E-state index in [-0.39, 0.29) is 5.91 Å². The molecule has 5 heteroatoms. The topological polar surface area (TPSA) is 58.1 Å². The fraction of sp³-hybridized carbons (Fsp3) is 0.375. The van der Waals surface area contributed by atoms with Crippen LogP contribution >= 0.6 is 0 Å². The number of rotatable bonds is 6. The third-order valence-electron chi connectivity index (χ3n) is 5.74. The van der Waals surface area contributed by atoms with E-state index in [4.69, 9.17) is 4.98 Å². The number of carbonyl (C=O) groups excluding carboxylic acids is 1. The summed E-state index contributed by atoms with van der Waals surface area (Å²) in [6.45, 7) is 5.20. The van der Waals surface area contributed by atoms with E-state index >= 15 is 0 Å². The number of piperidine rings is 1. The molecule has 1 fully saturated rings. The van der Waals surface area contributed by atoms with Gasteiger partial charge < -0.3 is 10.2 Å². The van der Waals surface area contributed by atoms with Crippen LogP contribution in [0.1, 0.15) is 43.0 Å². The standard InChI is InChI=1S/C24H28N4O/c1-18-9-5-7-15-28(18)16-8-14-26-24(29)20-17-23(22-12-4-6-13-25-22)27-21-11-3-2-10-19(20)21/h2-4,6,10-13,17-18H,5,7-9,14-16H2,1H3,(H,26,29)/t18-/m1/s1. The Hall–Kier alpha value is -2.79. The molecular formula is C24H28N4O. The highest BCUT2D eigenvalue weighted by Crippen LogP contribution is 2.23. The van der Waals surface area contributed by atoms with Crippen LogP contribution in [0.2, 0.25) is 0 Å². The quantitative estimate of drug-likeness (QED) is 0.640. The number of benzene rings is 1. The van der Waals surface area contributed by atoms with Gasteiger partial charge in [0.1, 0.15) is 0 Å².